The molecule has 0 aliphatic heterocycles. The number of hydrogen-bond acceptors (Lipinski definition) is 0. The predicted octanol–water partition coefficient (Wildman–Crippen LogP) is 4.91. The molecule has 1 aliphatic carbocycles. The molecular weight excluding hydrogens is 216 g/mol. The van der Waals surface area contributed by atoms with E-state index in [2.05, 4.69) is 56.0 Å². The van der Waals surface area contributed by atoms with Crippen LogP contribution in [0.25, 0.3) is 5.57 Å². The van der Waals surface area contributed by atoms with E-state index in [1.807, 2.05) is 12.2 Å². The molecule has 0 aromatic heterocycles. The lowest BCUT2D eigenvalue weighted by Crippen LogP contribution is -1.98. The molecule has 0 saturated carbocycles. The molecule has 0 unspecified atom stereocenters. The average Bonchev–Trinajstić information content (AvgIpc) is 2.41. The Kier molecular flexibility index (Phi) is 4.35. The van der Waals surface area contributed by atoms with Crippen LogP contribution in [0.15, 0.2) is 67.3 Å². The van der Waals surface area contributed by atoms with Gasteiger partial charge in [0.05, 0.1) is 0 Å². The Morgan fingerprint density at radius 1 is 1.06 bits per heavy atom. The summed E-state index contributed by atoms with van der Waals surface area (Å²) in [5, 5.41) is 0. The monoisotopic (exact) mass is 235 g/mol. The highest BCUT2D eigenvalue weighted by atomic mass is 14.2. The molecule has 0 nitrogen and oxygen atoms in total. The number of rotatable bonds is 5. The minimum Gasteiger partial charge on any atom is -0.103 e. The van der Waals surface area contributed by atoms with Gasteiger partial charge in [0.1, 0.15) is 0 Å². The van der Waals surface area contributed by atoms with Gasteiger partial charge in [-0.1, -0.05) is 54.1 Å². The Hall–Kier alpha value is -1.82. The Bertz CT molecular complexity index is 501. The molecular formula is C18H19. The lowest BCUT2D eigenvalue weighted by Gasteiger charge is -2.17. The molecule has 18 heavy (non-hydrogen) atoms. The second-order valence-corrected chi connectivity index (χ2v) is 4.42. The van der Waals surface area contributed by atoms with Crippen LogP contribution >= 0.6 is 0 Å². The third kappa shape index (κ3) is 2.70. The predicted molar refractivity (Wildman–Crippen MR) is 80.1 cm³/mol. The van der Waals surface area contributed by atoms with Crippen LogP contribution < -0.4 is 0 Å². The van der Waals surface area contributed by atoms with E-state index < -0.39 is 0 Å². The van der Waals surface area contributed by atoms with Crippen molar-refractivity contribution in [3.05, 3.63) is 84.8 Å². The van der Waals surface area contributed by atoms with Crippen LogP contribution in [0.5, 0.6) is 0 Å². The van der Waals surface area contributed by atoms with Crippen LogP contribution in [0.1, 0.15) is 24.0 Å². The topological polar surface area (TPSA) is 0 Å². The van der Waals surface area contributed by atoms with Gasteiger partial charge in [0.25, 0.3) is 0 Å². The van der Waals surface area contributed by atoms with Crippen molar-refractivity contribution in [2.24, 2.45) is 0 Å². The second kappa shape index (κ2) is 6.20. The van der Waals surface area contributed by atoms with Crippen molar-refractivity contribution in [3.63, 3.8) is 0 Å². The second-order valence-electron chi connectivity index (χ2n) is 4.42. The normalized spacial score (nSPS) is 14.7. The van der Waals surface area contributed by atoms with Gasteiger partial charge < -0.3 is 0 Å². The maximum atomic E-state index is 3.85. The zero-order valence-corrected chi connectivity index (χ0v) is 10.7. The maximum absolute atomic E-state index is 3.85. The third-order valence-corrected chi connectivity index (χ3v) is 3.17. The van der Waals surface area contributed by atoms with E-state index in [1.165, 1.54) is 22.3 Å². The molecule has 91 valence electrons. The highest BCUT2D eigenvalue weighted by Gasteiger charge is 2.11. The molecule has 0 spiro atoms. The van der Waals surface area contributed by atoms with Crippen molar-refractivity contribution < 1.29 is 0 Å². The van der Waals surface area contributed by atoms with Gasteiger partial charge in [0.15, 0.2) is 0 Å². The van der Waals surface area contributed by atoms with Crippen LogP contribution in [0.2, 0.25) is 0 Å². The number of allylic oxidation sites excluding steroid dienone is 6. The van der Waals surface area contributed by atoms with Gasteiger partial charge in [0, 0.05) is 0 Å². The Morgan fingerprint density at radius 3 is 2.61 bits per heavy atom. The standard InChI is InChI=1S/C18H19/c1-3-9-15-11-5-7-13-17(15)18-14-8-6-12-16(18)10-4-2/h3-5,7-8,11-14H,1-2,6,9-10H2. The van der Waals surface area contributed by atoms with E-state index in [0.29, 0.717) is 0 Å². The first-order valence-electron chi connectivity index (χ1n) is 6.39. The molecule has 0 atom stereocenters. The van der Waals surface area contributed by atoms with Crippen LogP contribution in [0.4, 0.5) is 0 Å². The van der Waals surface area contributed by atoms with E-state index in [1.54, 1.807) is 0 Å². The van der Waals surface area contributed by atoms with Crippen molar-refractivity contribution in [2.45, 2.75) is 19.3 Å². The Balaban J connectivity index is 2.48. The molecule has 1 aromatic rings. The first-order valence-corrected chi connectivity index (χ1v) is 6.39. The summed E-state index contributed by atoms with van der Waals surface area (Å²) in [5.41, 5.74) is 5.37. The Morgan fingerprint density at radius 2 is 1.83 bits per heavy atom. The molecule has 0 bridgehead atoms. The van der Waals surface area contributed by atoms with Gasteiger partial charge in [-0.25, -0.2) is 0 Å². The van der Waals surface area contributed by atoms with Gasteiger partial charge in [-0.15, -0.1) is 13.2 Å². The lowest BCUT2D eigenvalue weighted by molar-refractivity contribution is 1.12. The lowest BCUT2D eigenvalue weighted by atomic mass is 9.87. The average molecular weight is 235 g/mol. The SMILES string of the molecule is C=CCC1=C(c2ccccc2CC=C)C=CC[CH]1. The van der Waals surface area contributed by atoms with Crippen molar-refractivity contribution >= 4 is 5.57 Å². The maximum Gasteiger partial charge on any atom is -0.00871 e. The summed E-state index contributed by atoms with van der Waals surface area (Å²) in [6.07, 6.45) is 13.5. The summed E-state index contributed by atoms with van der Waals surface area (Å²) in [6.45, 7) is 7.69. The highest BCUT2D eigenvalue weighted by Crippen LogP contribution is 2.31. The van der Waals surface area contributed by atoms with Crippen molar-refractivity contribution in [2.75, 3.05) is 0 Å². The summed E-state index contributed by atoms with van der Waals surface area (Å²) in [6, 6.07) is 8.56. The van der Waals surface area contributed by atoms with Gasteiger partial charge in [0.2, 0.25) is 0 Å². The van der Waals surface area contributed by atoms with Gasteiger partial charge in [-0.05, 0) is 42.4 Å². The van der Waals surface area contributed by atoms with Crippen LogP contribution in [0.3, 0.4) is 0 Å². The molecule has 1 aromatic carbocycles. The quantitative estimate of drug-likeness (QED) is 0.636. The number of hydrogen-bond donors (Lipinski definition) is 0. The molecule has 0 saturated heterocycles. The van der Waals surface area contributed by atoms with Gasteiger partial charge >= 0.3 is 0 Å². The minimum absolute atomic E-state index is 0.912. The fourth-order valence-electron chi connectivity index (χ4n) is 2.34. The molecule has 0 N–H and O–H groups in total. The third-order valence-electron chi connectivity index (χ3n) is 3.17. The van der Waals surface area contributed by atoms with Gasteiger partial charge in [-0.2, -0.15) is 0 Å². The molecule has 0 amide bonds. The summed E-state index contributed by atoms with van der Waals surface area (Å²) in [5.74, 6) is 0. The number of benzene rings is 1. The molecule has 2 rings (SSSR count). The highest BCUT2D eigenvalue weighted by molar-refractivity contribution is 5.81. The summed E-state index contributed by atoms with van der Waals surface area (Å²) >= 11 is 0. The molecule has 1 radical (unpaired) electrons. The van der Waals surface area contributed by atoms with Crippen molar-refractivity contribution in [1.82, 2.24) is 0 Å². The van der Waals surface area contributed by atoms with E-state index in [-0.39, 0.29) is 0 Å². The van der Waals surface area contributed by atoms with Crippen molar-refractivity contribution in [3.8, 4) is 0 Å². The molecule has 0 heterocycles. The van der Waals surface area contributed by atoms with Crippen molar-refractivity contribution in [1.29, 1.82) is 0 Å². The van der Waals surface area contributed by atoms with Gasteiger partial charge in [-0.3, -0.25) is 0 Å². The molecule has 0 heteroatoms. The van der Waals surface area contributed by atoms with E-state index in [9.17, 15) is 0 Å². The first-order chi connectivity index (χ1) is 8.86. The fourth-order valence-corrected chi connectivity index (χ4v) is 2.34. The summed E-state index contributed by atoms with van der Waals surface area (Å²) < 4.78 is 0. The van der Waals surface area contributed by atoms with E-state index >= 15 is 0 Å². The van der Waals surface area contributed by atoms with Crippen LogP contribution in [-0.2, 0) is 6.42 Å². The van der Waals surface area contributed by atoms with Crippen LogP contribution in [0, 0.1) is 6.42 Å². The fraction of sp³-hybridized carbons (Fsp3) is 0.167. The largest absolute Gasteiger partial charge is 0.103 e. The van der Waals surface area contributed by atoms with Crippen LogP contribution in [-0.4, -0.2) is 0 Å². The summed E-state index contributed by atoms with van der Waals surface area (Å²) in [4.78, 5) is 0. The smallest absolute Gasteiger partial charge is 0.00871 e. The zero-order chi connectivity index (χ0) is 12.8. The van der Waals surface area contributed by atoms with E-state index in [4.69, 9.17) is 0 Å². The first kappa shape index (κ1) is 12.6. The van der Waals surface area contributed by atoms with E-state index in [0.717, 1.165) is 19.3 Å². The molecule has 0 fully saturated rings. The summed E-state index contributed by atoms with van der Waals surface area (Å²) in [7, 11) is 0. The minimum atomic E-state index is 0.912. The Labute approximate surface area is 110 Å². The molecule has 1 aliphatic rings. The zero-order valence-electron chi connectivity index (χ0n) is 10.7.